The molecule has 2 rings (SSSR count). The number of nitrogens with zero attached hydrogens (tertiary/aromatic N) is 3. The van der Waals surface area contributed by atoms with E-state index in [0.29, 0.717) is 13.1 Å². The van der Waals surface area contributed by atoms with Gasteiger partial charge in [0.2, 0.25) is 5.91 Å². The summed E-state index contributed by atoms with van der Waals surface area (Å²) in [5.41, 5.74) is 0.929. The third kappa shape index (κ3) is 2.76. The van der Waals surface area contributed by atoms with E-state index in [-0.39, 0.29) is 11.9 Å². The monoisotopic (exact) mass is 249 g/mol. The number of carbonyl (C=O) groups is 1. The van der Waals surface area contributed by atoms with Crippen molar-refractivity contribution in [1.29, 1.82) is 0 Å². The first-order chi connectivity index (χ1) is 8.60. The Balaban J connectivity index is 2.13. The number of aromatic nitrogens is 2. The summed E-state index contributed by atoms with van der Waals surface area (Å²) in [5, 5.41) is 5.86. The number of aryl methyl sites for hydroxylation is 1. The number of hydrogen-bond acceptors (Lipinski definition) is 5. The Morgan fingerprint density at radius 2 is 2.33 bits per heavy atom. The van der Waals surface area contributed by atoms with Crippen molar-refractivity contribution in [1.82, 2.24) is 20.2 Å². The first-order valence-electron chi connectivity index (χ1n) is 6.14. The number of amides is 1. The molecular formula is C12H19N5O. The molecule has 98 valence electrons. The Labute approximate surface area is 107 Å². The highest BCUT2D eigenvalue weighted by Gasteiger charge is 2.25. The second-order valence-electron chi connectivity index (χ2n) is 4.50. The van der Waals surface area contributed by atoms with Crippen LogP contribution in [0.1, 0.15) is 18.4 Å². The van der Waals surface area contributed by atoms with Crippen LogP contribution >= 0.6 is 0 Å². The standard InChI is InChI=1S/C12H19N5O/c1-8-6-10(13-3)16-11(15-8)7-17-5-4-14-12(18)9(17)2/h6,9H,4-5,7H2,1-3H3,(H,14,18)(H,13,15,16). The predicted octanol–water partition coefficient (Wildman–Crippen LogP) is 0.147. The molecule has 1 aliphatic rings. The van der Waals surface area contributed by atoms with E-state index < -0.39 is 0 Å². The fraction of sp³-hybridized carbons (Fsp3) is 0.583. The van der Waals surface area contributed by atoms with Crippen LogP contribution in [0.15, 0.2) is 6.07 Å². The molecule has 0 spiro atoms. The van der Waals surface area contributed by atoms with E-state index in [1.54, 1.807) is 0 Å². The molecule has 1 atom stereocenters. The van der Waals surface area contributed by atoms with Crippen LogP contribution in [-0.2, 0) is 11.3 Å². The fourth-order valence-corrected chi connectivity index (χ4v) is 2.06. The molecule has 2 heterocycles. The molecule has 6 heteroatoms. The molecule has 1 aromatic rings. The zero-order valence-electron chi connectivity index (χ0n) is 11.0. The Morgan fingerprint density at radius 1 is 1.56 bits per heavy atom. The molecule has 1 aliphatic heterocycles. The molecule has 6 nitrogen and oxygen atoms in total. The average Bonchev–Trinajstić information content (AvgIpc) is 2.34. The molecule has 0 saturated carbocycles. The van der Waals surface area contributed by atoms with Crippen molar-refractivity contribution >= 4 is 11.7 Å². The topological polar surface area (TPSA) is 70.2 Å². The third-order valence-electron chi connectivity index (χ3n) is 3.13. The molecule has 2 N–H and O–H groups in total. The van der Waals surface area contributed by atoms with Crippen molar-refractivity contribution in [2.75, 3.05) is 25.5 Å². The minimum Gasteiger partial charge on any atom is -0.373 e. The van der Waals surface area contributed by atoms with E-state index in [4.69, 9.17) is 0 Å². The molecular weight excluding hydrogens is 230 g/mol. The van der Waals surface area contributed by atoms with E-state index >= 15 is 0 Å². The quantitative estimate of drug-likeness (QED) is 0.798. The number of nitrogens with one attached hydrogen (secondary N) is 2. The summed E-state index contributed by atoms with van der Waals surface area (Å²) in [6.45, 7) is 5.97. The second-order valence-corrected chi connectivity index (χ2v) is 4.50. The smallest absolute Gasteiger partial charge is 0.237 e. The lowest BCUT2D eigenvalue weighted by molar-refractivity contribution is -0.128. The van der Waals surface area contributed by atoms with Crippen molar-refractivity contribution in [3.63, 3.8) is 0 Å². The molecule has 1 aromatic heterocycles. The van der Waals surface area contributed by atoms with E-state index in [0.717, 1.165) is 23.9 Å². The first-order valence-corrected chi connectivity index (χ1v) is 6.14. The van der Waals surface area contributed by atoms with Gasteiger partial charge < -0.3 is 10.6 Å². The summed E-state index contributed by atoms with van der Waals surface area (Å²) in [4.78, 5) is 22.5. The van der Waals surface area contributed by atoms with Crippen molar-refractivity contribution in [3.05, 3.63) is 17.6 Å². The van der Waals surface area contributed by atoms with Gasteiger partial charge in [0, 0.05) is 31.9 Å². The molecule has 1 saturated heterocycles. The molecule has 18 heavy (non-hydrogen) atoms. The van der Waals surface area contributed by atoms with E-state index in [1.165, 1.54) is 0 Å². The highest BCUT2D eigenvalue weighted by atomic mass is 16.2. The van der Waals surface area contributed by atoms with Crippen molar-refractivity contribution in [2.45, 2.75) is 26.4 Å². The van der Waals surface area contributed by atoms with Crippen molar-refractivity contribution in [3.8, 4) is 0 Å². The van der Waals surface area contributed by atoms with Crippen LogP contribution in [0, 0.1) is 6.92 Å². The molecule has 1 unspecified atom stereocenters. The minimum atomic E-state index is -0.124. The highest BCUT2D eigenvalue weighted by molar-refractivity contribution is 5.81. The van der Waals surface area contributed by atoms with Gasteiger partial charge in [-0.25, -0.2) is 9.97 Å². The summed E-state index contributed by atoms with van der Waals surface area (Å²) in [6, 6.07) is 1.77. The van der Waals surface area contributed by atoms with Crippen LogP contribution in [0.2, 0.25) is 0 Å². The Hall–Kier alpha value is -1.69. The Bertz CT molecular complexity index is 448. The fourth-order valence-electron chi connectivity index (χ4n) is 2.06. The van der Waals surface area contributed by atoms with Gasteiger partial charge in [-0.3, -0.25) is 9.69 Å². The van der Waals surface area contributed by atoms with Crippen LogP contribution in [0.5, 0.6) is 0 Å². The summed E-state index contributed by atoms with van der Waals surface area (Å²) in [7, 11) is 1.84. The number of rotatable bonds is 3. The maximum absolute atomic E-state index is 11.6. The number of hydrogen-bond donors (Lipinski definition) is 2. The van der Waals surface area contributed by atoms with Gasteiger partial charge in [0.1, 0.15) is 11.6 Å². The van der Waals surface area contributed by atoms with E-state index in [1.807, 2.05) is 27.0 Å². The van der Waals surface area contributed by atoms with Crippen LogP contribution in [-0.4, -0.2) is 47.0 Å². The molecule has 0 aliphatic carbocycles. The second kappa shape index (κ2) is 5.30. The zero-order chi connectivity index (χ0) is 13.1. The lowest BCUT2D eigenvalue weighted by atomic mass is 10.2. The summed E-state index contributed by atoms with van der Waals surface area (Å²) in [6.07, 6.45) is 0. The summed E-state index contributed by atoms with van der Waals surface area (Å²) < 4.78 is 0. The highest BCUT2D eigenvalue weighted by Crippen LogP contribution is 2.11. The van der Waals surface area contributed by atoms with Crippen molar-refractivity contribution in [2.24, 2.45) is 0 Å². The van der Waals surface area contributed by atoms with Gasteiger partial charge in [0.25, 0.3) is 0 Å². The Kier molecular flexibility index (Phi) is 3.76. The van der Waals surface area contributed by atoms with Crippen molar-refractivity contribution < 1.29 is 4.79 Å². The average molecular weight is 249 g/mol. The SMILES string of the molecule is CNc1cc(C)nc(CN2CCNC(=O)C2C)n1. The van der Waals surface area contributed by atoms with Crippen LogP contribution in [0.4, 0.5) is 5.82 Å². The lowest BCUT2D eigenvalue weighted by Gasteiger charge is -2.32. The van der Waals surface area contributed by atoms with Crippen LogP contribution in [0.3, 0.4) is 0 Å². The van der Waals surface area contributed by atoms with Gasteiger partial charge in [-0.2, -0.15) is 0 Å². The molecule has 0 radical (unpaired) electrons. The number of piperazine rings is 1. The van der Waals surface area contributed by atoms with Gasteiger partial charge in [-0.1, -0.05) is 0 Å². The lowest BCUT2D eigenvalue weighted by Crippen LogP contribution is -2.53. The number of carbonyl (C=O) groups excluding carboxylic acids is 1. The van der Waals surface area contributed by atoms with Gasteiger partial charge in [-0.15, -0.1) is 0 Å². The molecule has 1 amide bonds. The summed E-state index contributed by atoms with van der Waals surface area (Å²) >= 11 is 0. The number of anilines is 1. The maximum Gasteiger partial charge on any atom is 0.237 e. The third-order valence-corrected chi connectivity index (χ3v) is 3.13. The zero-order valence-corrected chi connectivity index (χ0v) is 11.0. The van der Waals surface area contributed by atoms with Gasteiger partial charge in [0.05, 0.1) is 12.6 Å². The minimum absolute atomic E-state index is 0.0720. The van der Waals surface area contributed by atoms with Crippen LogP contribution in [0.25, 0.3) is 0 Å². The van der Waals surface area contributed by atoms with Gasteiger partial charge >= 0.3 is 0 Å². The maximum atomic E-state index is 11.6. The molecule has 1 fully saturated rings. The molecule has 0 aromatic carbocycles. The van der Waals surface area contributed by atoms with Gasteiger partial charge in [0.15, 0.2) is 0 Å². The van der Waals surface area contributed by atoms with Crippen LogP contribution < -0.4 is 10.6 Å². The largest absolute Gasteiger partial charge is 0.373 e. The van der Waals surface area contributed by atoms with E-state index in [9.17, 15) is 4.79 Å². The Morgan fingerprint density at radius 3 is 3.06 bits per heavy atom. The normalized spacial score (nSPS) is 20.6. The first kappa shape index (κ1) is 12.8. The van der Waals surface area contributed by atoms with E-state index in [2.05, 4.69) is 25.5 Å². The predicted molar refractivity (Wildman–Crippen MR) is 69.2 cm³/mol. The summed E-state index contributed by atoms with van der Waals surface area (Å²) in [5.74, 6) is 1.63. The van der Waals surface area contributed by atoms with Gasteiger partial charge in [-0.05, 0) is 13.8 Å². The molecule has 0 bridgehead atoms.